The monoisotopic (exact) mass is 278 g/mol. The third-order valence-electron chi connectivity index (χ3n) is 3.88. The van der Waals surface area contributed by atoms with Gasteiger partial charge in [0.1, 0.15) is 17.5 Å². The fourth-order valence-corrected chi connectivity index (χ4v) is 2.65. The molecule has 0 radical (unpaired) electrons. The van der Waals surface area contributed by atoms with Crippen LogP contribution in [0, 0.1) is 0 Å². The summed E-state index contributed by atoms with van der Waals surface area (Å²) in [6.07, 6.45) is 4.61. The molecule has 0 aliphatic carbocycles. The van der Waals surface area contributed by atoms with Crippen LogP contribution >= 0.6 is 0 Å². The van der Waals surface area contributed by atoms with Gasteiger partial charge < -0.3 is 15.3 Å². The predicted molar refractivity (Wildman–Crippen MR) is 82.4 cm³/mol. The molecule has 1 unspecified atom stereocenters. The molecule has 20 heavy (non-hydrogen) atoms. The van der Waals surface area contributed by atoms with Crippen LogP contribution in [0.2, 0.25) is 0 Å². The van der Waals surface area contributed by atoms with Crippen LogP contribution in [0.5, 0.6) is 0 Å². The Bertz CT molecular complexity index is 436. The fraction of sp³-hybridized carbons (Fsp3) is 0.733. The maximum Gasteiger partial charge on any atom is 0.135 e. The van der Waals surface area contributed by atoms with Crippen LogP contribution in [0.15, 0.2) is 6.07 Å². The molecule has 0 saturated carbocycles. The minimum Gasteiger partial charge on any atom is -0.394 e. The van der Waals surface area contributed by atoms with Crippen LogP contribution < -0.4 is 10.2 Å². The molecule has 0 aromatic carbocycles. The molecule has 0 spiro atoms. The number of aromatic nitrogens is 2. The molecule has 1 saturated heterocycles. The van der Waals surface area contributed by atoms with E-state index >= 15 is 0 Å². The second kappa shape index (κ2) is 6.88. The third-order valence-corrected chi connectivity index (χ3v) is 3.88. The second-order valence-electron chi connectivity index (χ2n) is 5.75. The largest absolute Gasteiger partial charge is 0.394 e. The van der Waals surface area contributed by atoms with Gasteiger partial charge in [0.25, 0.3) is 0 Å². The van der Waals surface area contributed by atoms with Gasteiger partial charge in [0.2, 0.25) is 0 Å². The molecule has 1 aromatic rings. The number of nitrogens with zero attached hydrogens (tertiary/aromatic N) is 3. The first-order chi connectivity index (χ1) is 9.65. The molecule has 1 fully saturated rings. The van der Waals surface area contributed by atoms with Crippen molar-refractivity contribution in [2.24, 2.45) is 0 Å². The van der Waals surface area contributed by atoms with Crippen molar-refractivity contribution < 1.29 is 5.11 Å². The average Bonchev–Trinajstić information content (AvgIpc) is 2.71. The first-order valence-electron chi connectivity index (χ1n) is 7.60. The Morgan fingerprint density at radius 3 is 2.80 bits per heavy atom. The summed E-state index contributed by atoms with van der Waals surface area (Å²) in [6, 6.07) is 2.16. The quantitative estimate of drug-likeness (QED) is 0.885. The van der Waals surface area contributed by atoms with Crippen molar-refractivity contribution in [3.8, 4) is 0 Å². The lowest BCUT2D eigenvalue weighted by Crippen LogP contribution is -2.38. The highest BCUT2D eigenvalue weighted by molar-refractivity contribution is 5.50. The van der Waals surface area contributed by atoms with Gasteiger partial charge in [-0.05, 0) is 12.8 Å². The van der Waals surface area contributed by atoms with E-state index in [0.29, 0.717) is 5.92 Å². The number of rotatable bonds is 4. The Kier molecular flexibility index (Phi) is 5.17. The van der Waals surface area contributed by atoms with Gasteiger partial charge in [-0.2, -0.15) is 0 Å². The Morgan fingerprint density at radius 2 is 2.15 bits per heavy atom. The van der Waals surface area contributed by atoms with E-state index in [1.807, 2.05) is 13.1 Å². The molecule has 112 valence electrons. The highest BCUT2D eigenvalue weighted by Crippen LogP contribution is 2.25. The highest BCUT2D eigenvalue weighted by Gasteiger charge is 2.23. The molecule has 2 rings (SSSR count). The summed E-state index contributed by atoms with van der Waals surface area (Å²) in [7, 11) is 1.88. The van der Waals surface area contributed by atoms with Crippen LogP contribution in [0.3, 0.4) is 0 Å². The minimum atomic E-state index is 0.178. The summed E-state index contributed by atoms with van der Waals surface area (Å²) in [6.45, 7) is 5.36. The highest BCUT2D eigenvalue weighted by atomic mass is 16.3. The molecule has 5 heteroatoms. The first kappa shape index (κ1) is 15.0. The minimum absolute atomic E-state index is 0.178. The van der Waals surface area contributed by atoms with E-state index < -0.39 is 0 Å². The number of hydrogen-bond acceptors (Lipinski definition) is 5. The summed E-state index contributed by atoms with van der Waals surface area (Å²) in [5.41, 5.74) is 0. The van der Waals surface area contributed by atoms with Gasteiger partial charge in [-0.15, -0.1) is 0 Å². The molecule has 1 aliphatic heterocycles. The number of aliphatic hydroxyl groups is 1. The van der Waals surface area contributed by atoms with Crippen LogP contribution in [-0.4, -0.2) is 41.3 Å². The zero-order chi connectivity index (χ0) is 14.5. The SMILES string of the molecule is CNc1cc(N2CCCCCC2CO)nc(C(C)C)n1. The molecule has 1 aromatic heterocycles. The van der Waals surface area contributed by atoms with E-state index in [9.17, 15) is 5.11 Å². The van der Waals surface area contributed by atoms with Crippen molar-refractivity contribution in [1.82, 2.24) is 9.97 Å². The third kappa shape index (κ3) is 3.39. The lowest BCUT2D eigenvalue weighted by Gasteiger charge is -2.30. The van der Waals surface area contributed by atoms with E-state index in [0.717, 1.165) is 36.8 Å². The molecule has 1 aliphatic rings. The summed E-state index contributed by atoms with van der Waals surface area (Å²) < 4.78 is 0. The number of nitrogens with one attached hydrogen (secondary N) is 1. The summed E-state index contributed by atoms with van der Waals surface area (Å²) >= 11 is 0. The lowest BCUT2D eigenvalue weighted by atomic mass is 10.1. The Morgan fingerprint density at radius 1 is 1.35 bits per heavy atom. The molecule has 5 nitrogen and oxygen atoms in total. The maximum absolute atomic E-state index is 9.65. The molecule has 2 N–H and O–H groups in total. The topological polar surface area (TPSA) is 61.3 Å². The summed E-state index contributed by atoms with van der Waals surface area (Å²) in [5.74, 6) is 2.93. The Hall–Kier alpha value is -1.36. The van der Waals surface area contributed by atoms with Crippen LogP contribution in [0.1, 0.15) is 51.3 Å². The van der Waals surface area contributed by atoms with E-state index in [1.165, 1.54) is 12.8 Å². The first-order valence-corrected chi connectivity index (χ1v) is 7.60. The Balaban J connectivity index is 2.35. The van der Waals surface area contributed by atoms with Crippen molar-refractivity contribution in [1.29, 1.82) is 0 Å². The van der Waals surface area contributed by atoms with Crippen LogP contribution in [0.25, 0.3) is 0 Å². The van der Waals surface area contributed by atoms with Crippen molar-refractivity contribution in [3.05, 3.63) is 11.9 Å². The van der Waals surface area contributed by atoms with Crippen LogP contribution in [-0.2, 0) is 0 Å². The van der Waals surface area contributed by atoms with E-state index in [-0.39, 0.29) is 12.6 Å². The van der Waals surface area contributed by atoms with E-state index in [2.05, 4.69) is 29.0 Å². The van der Waals surface area contributed by atoms with Crippen LogP contribution in [0.4, 0.5) is 11.6 Å². The standard InChI is InChI=1S/C15H26N4O/c1-11(2)15-17-13(16-3)9-14(18-15)19-8-6-4-5-7-12(19)10-20/h9,11-12,20H,4-8,10H2,1-3H3,(H,16,17,18). The number of aliphatic hydroxyl groups excluding tert-OH is 1. The Labute approximate surface area is 121 Å². The molecular weight excluding hydrogens is 252 g/mol. The molecule has 0 bridgehead atoms. The second-order valence-corrected chi connectivity index (χ2v) is 5.75. The van der Waals surface area contributed by atoms with Gasteiger partial charge in [0, 0.05) is 25.6 Å². The van der Waals surface area contributed by atoms with Crippen molar-refractivity contribution in [2.75, 3.05) is 30.4 Å². The summed E-state index contributed by atoms with van der Waals surface area (Å²) in [5, 5.41) is 12.8. The average molecular weight is 278 g/mol. The van der Waals surface area contributed by atoms with Gasteiger partial charge in [-0.3, -0.25) is 0 Å². The maximum atomic E-state index is 9.65. The lowest BCUT2D eigenvalue weighted by molar-refractivity contribution is 0.254. The van der Waals surface area contributed by atoms with Crippen molar-refractivity contribution in [3.63, 3.8) is 0 Å². The zero-order valence-corrected chi connectivity index (χ0v) is 12.8. The molecule has 1 atom stereocenters. The molecule has 0 amide bonds. The van der Waals surface area contributed by atoms with E-state index in [4.69, 9.17) is 4.98 Å². The predicted octanol–water partition coefficient (Wildman–Crippen LogP) is 2.38. The van der Waals surface area contributed by atoms with Crippen molar-refractivity contribution in [2.45, 2.75) is 51.5 Å². The smallest absolute Gasteiger partial charge is 0.135 e. The van der Waals surface area contributed by atoms with Gasteiger partial charge in [0.05, 0.1) is 12.6 Å². The summed E-state index contributed by atoms with van der Waals surface area (Å²) in [4.78, 5) is 11.5. The normalized spacial score (nSPS) is 20.1. The van der Waals surface area contributed by atoms with Gasteiger partial charge in [0.15, 0.2) is 0 Å². The molecular formula is C15H26N4O. The number of hydrogen-bond donors (Lipinski definition) is 2. The van der Waals surface area contributed by atoms with Gasteiger partial charge >= 0.3 is 0 Å². The fourth-order valence-electron chi connectivity index (χ4n) is 2.65. The van der Waals surface area contributed by atoms with Gasteiger partial charge in [-0.25, -0.2) is 9.97 Å². The van der Waals surface area contributed by atoms with E-state index in [1.54, 1.807) is 0 Å². The number of anilines is 2. The molecule has 2 heterocycles. The van der Waals surface area contributed by atoms with Gasteiger partial charge in [-0.1, -0.05) is 26.7 Å². The van der Waals surface area contributed by atoms with Crippen molar-refractivity contribution >= 4 is 11.6 Å². The zero-order valence-electron chi connectivity index (χ0n) is 12.8.